The first-order valence-electron chi connectivity index (χ1n) is 9.17. The van der Waals surface area contributed by atoms with Crippen molar-refractivity contribution in [2.75, 3.05) is 11.9 Å². The van der Waals surface area contributed by atoms with E-state index in [0.29, 0.717) is 6.42 Å². The molecule has 1 unspecified atom stereocenters. The van der Waals surface area contributed by atoms with Crippen LogP contribution in [0.1, 0.15) is 31.2 Å². The number of carbonyl (C=O) groups is 1. The summed E-state index contributed by atoms with van der Waals surface area (Å²) in [6.45, 7) is 2.84. The number of anilines is 1. The molecule has 1 aromatic carbocycles. The second-order valence-corrected chi connectivity index (χ2v) is 6.78. The van der Waals surface area contributed by atoms with Crippen LogP contribution in [0.2, 0.25) is 0 Å². The van der Waals surface area contributed by atoms with Gasteiger partial charge in [-0.05, 0) is 37.8 Å². The third kappa shape index (κ3) is 3.35. The van der Waals surface area contributed by atoms with Crippen LogP contribution >= 0.6 is 0 Å². The number of imidazole rings is 1. The zero-order valence-electron chi connectivity index (χ0n) is 14.9. The fourth-order valence-corrected chi connectivity index (χ4v) is 3.48. The van der Waals surface area contributed by atoms with Gasteiger partial charge in [0.1, 0.15) is 17.2 Å². The Kier molecular flexibility index (Phi) is 4.71. The first-order valence-corrected chi connectivity index (χ1v) is 9.17. The Morgan fingerprint density at radius 3 is 2.88 bits per heavy atom. The Bertz CT molecular complexity index is 912. The predicted octanol–water partition coefficient (Wildman–Crippen LogP) is 4.21. The number of rotatable bonds is 5. The molecule has 5 nitrogen and oxygen atoms in total. The number of hydrogen-bond donors (Lipinski definition) is 1. The third-order valence-electron chi connectivity index (χ3n) is 4.87. The Morgan fingerprint density at radius 2 is 2.12 bits per heavy atom. The highest BCUT2D eigenvalue weighted by Gasteiger charge is 2.20. The molecule has 134 valence electrons. The number of aromatic nitrogens is 2. The van der Waals surface area contributed by atoms with Gasteiger partial charge in [-0.3, -0.25) is 9.20 Å². The molecule has 0 saturated carbocycles. The Balaban J connectivity index is 1.64. The zero-order chi connectivity index (χ0) is 17.9. The van der Waals surface area contributed by atoms with Crippen molar-refractivity contribution >= 4 is 17.4 Å². The molecule has 3 heterocycles. The molecule has 1 atom stereocenters. The van der Waals surface area contributed by atoms with Crippen LogP contribution in [0.5, 0.6) is 0 Å². The monoisotopic (exact) mass is 349 g/mol. The zero-order valence-corrected chi connectivity index (χ0v) is 14.9. The van der Waals surface area contributed by atoms with Crippen molar-refractivity contribution in [3.63, 3.8) is 0 Å². The second-order valence-electron chi connectivity index (χ2n) is 6.78. The summed E-state index contributed by atoms with van der Waals surface area (Å²) in [5.74, 6) is 0.730. The molecule has 26 heavy (non-hydrogen) atoms. The summed E-state index contributed by atoms with van der Waals surface area (Å²) in [6, 6.07) is 14.0. The minimum atomic E-state index is 0.000914. The highest BCUT2D eigenvalue weighted by Crippen LogP contribution is 2.30. The van der Waals surface area contributed by atoms with Gasteiger partial charge in [-0.15, -0.1) is 0 Å². The normalized spacial score (nSPS) is 16.9. The van der Waals surface area contributed by atoms with E-state index in [-0.39, 0.29) is 12.0 Å². The molecule has 2 aromatic heterocycles. The van der Waals surface area contributed by atoms with Gasteiger partial charge in [0.25, 0.3) is 0 Å². The van der Waals surface area contributed by atoms with Crippen molar-refractivity contribution in [2.45, 2.75) is 38.7 Å². The van der Waals surface area contributed by atoms with Crippen LogP contribution in [0.25, 0.3) is 16.9 Å². The number of hydrogen-bond acceptors (Lipinski definition) is 3. The molecule has 1 amide bonds. The number of nitrogens with one attached hydrogen (secondary N) is 1. The van der Waals surface area contributed by atoms with Crippen molar-refractivity contribution in [1.29, 1.82) is 0 Å². The fourth-order valence-electron chi connectivity index (χ4n) is 3.48. The smallest absolute Gasteiger partial charge is 0.225 e. The number of pyridine rings is 1. The first kappa shape index (κ1) is 16.8. The van der Waals surface area contributed by atoms with Crippen LogP contribution in [0.3, 0.4) is 0 Å². The topological polar surface area (TPSA) is 55.6 Å². The van der Waals surface area contributed by atoms with Crippen molar-refractivity contribution in [1.82, 2.24) is 9.38 Å². The molecule has 1 aliphatic rings. The van der Waals surface area contributed by atoms with Gasteiger partial charge in [0.05, 0.1) is 6.10 Å². The molecule has 0 spiro atoms. The summed E-state index contributed by atoms with van der Waals surface area (Å²) in [4.78, 5) is 17.4. The molecule has 5 heteroatoms. The van der Waals surface area contributed by atoms with Crippen LogP contribution in [-0.4, -0.2) is 28.0 Å². The van der Waals surface area contributed by atoms with Crippen LogP contribution in [0.15, 0.2) is 48.7 Å². The molecular formula is C21H23N3O2. The first-order chi connectivity index (χ1) is 12.7. The maximum atomic E-state index is 12.6. The molecule has 1 aliphatic heterocycles. The number of amides is 1. The molecular weight excluding hydrogens is 326 g/mol. The quantitative estimate of drug-likeness (QED) is 0.751. The van der Waals surface area contributed by atoms with Crippen LogP contribution in [-0.2, 0) is 9.53 Å². The van der Waals surface area contributed by atoms with E-state index in [4.69, 9.17) is 9.72 Å². The summed E-state index contributed by atoms with van der Waals surface area (Å²) in [7, 11) is 0. The molecule has 3 aromatic rings. The predicted molar refractivity (Wildman–Crippen MR) is 102 cm³/mol. The van der Waals surface area contributed by atoms with Gasteiger partial charge >= 0.3 is 0 Å². The number of benzene rings is 1. The lowest BCUT2D eigenvalue weighted by Gasteiger charge is -2.10. The van der Waals surface area contributed by atoms with Crippen molar-refractivity contribution in [3.8, 4) is 11.3 Å². The van der Waals surface area contributed by atoms with Gasteiger partial charge in [0, 0.05) is 24.8 Å². The highest BCUT2D eigenvalue weighted by molar-refractivity contribution is 5.94. The van der Waals surface area contributed by atoms with Crippen LogP contribution < -0.4 is 5.32 Å². The Labute approximate surface area is 153 Å². The van der Waals surface area contributed by atoms with Crippen LogP contribution in [0, 0.1) is 6.92 Å². The molecule has 1 fully saturated rings. The maximum Gasteiger partial charge on any atom is 0.225 e. The van der Waals surface area contributed by atoms with E-state index >= 15 is 0 Å². The van der Waals surface area contributed by atoms with Gasteiger partial charge in [-0.1, -0.05) is 36.4 Å². The third-order valence-corrected chi connectivity index (χ3v) is 4.87. The van der Waals surface area contributed by atoms with Gasteiger partial charge in [-0.25, -0.2) is 4.98 Å². The summed E-state index contributed by atoms with van der Waals surface area (Å²) < 4.78 is 7.58. The van der Waals surface area contributed by atoms with E-state index in [0.717, 1.165) is 54.2 Å². The number of carbonyl (C=O) groups excluding carboxylic acids is 1. The minimum Gasteiger partial charge on any atom is -0.378 e. The summed E-state index contributed by atoms with van der Waals surface area (Å²) in [5, 5.41) is 3.09. The van der Waals surface area contributed by atoms with E-state index in [9.17, 15) is 4.79 Å². The fraction of sp³-hybridized carbons (Fsp3) is 0.333. The van der Waals surface area contributed by atoms with E-state index in [1.165, 1.54) is 0 Å². The van der Waals surface area contributed by atoms with Crippen molar-refractivity contribution in [3.05, 3.63) is 54.2 Å². The standard InChI is InChI=1S/C21H23N3O2/c1-15-7-5-13-24-20(15)23-19(16-8-3-2-4-9-16)21(24)22-18(25)12-11-17-10-6-14-26-17/h2-5,7-9,13,17H,6,10-12,14H2,1H3,(H,22,25). The van der Waals surface area contributed by atoms with Gasteiger partial charge in [0.15, 0.2) is 0 Å². The lowest BCUT2D eigenvalue weighted by Crippen LogP contribution is -2.16. The molecule has 0 radical (unpaired) electrons. The second kappa shape index (κ2) is 7.30. The molecule has 0 bridgehead atoms. The minimum absolute atomic E-state index is 0.000914. The number of nitrogens with zero attached hydrogens (tertiary/aromatic N) is 2. The van der Waals surface area contributed by atoms with Crippen molar-refractivity contribution in [2.24, 2.45) is 0 Å². The average molecular weight is 349 g/mol. The van der Waals surface area contributed by atoms with E-state index in [1.54, 1.807) is 0 Å². The Hall–Kier alpha value is -2.66. The highest BCUT2D eigenvalue weighted by atomic mass is 16.5. The summed E-state index contributed by atoms with van der Waals surface area (Å²) in [5.41, 5.74) is 3.72. The molecule has 1 N–H and O–H groups in total. The largest absolute Gasteiger partial charge is 0.378 e. The lowest BCUT2D eigenvalue weighted by molar-refractivity contribution is -0.116. The molecule has 0 aliphatic carbocycles. The number of ether oxygens (including phenoxy) is 1. The van der Waals surface area contributed by atoms with E-state index in [1.807, 2.05) is 60.0 Å². The van der Waals surface area contributed by atoms with Crippen LogP contribution in [0.4, 0.5) is 5.82 Å². The van der Waals surface area contributed by atoms with E-state index < -0.39 is 0 Å². The summed E-state index contributed by atoms with van der Waals surface area (Å²) >= 11 is 0. The van der Waals surface area contributed by atoms with Crippen molar-refractivity contribution < 1.29 is 9.53 Å². The van der Waals surface area contributed by atoms with Gasteiger partial charge < -0.3 is 10.1 Å². The molecule has 1 saturated heterocycles. The molecule has 4 rings (SSSR count). The lowest BCUT2D eigenvalue weighted by atomic mass is 10.1. The average Bonchev–Trinajstić information content (AvgIpc) is 3.30. The SMILES string of the molecule is Cc1cccn2c(NC(=O)CCC3CCCO3)c(-c3ccccc3)nc12. The van der Waals surface area contributed by atoms with E-state index in [2.05, 4.69) is 5.32 Å². The maximum absolute atomic E-state index is 12.6. The van der Waals surface area contributed by atoms with Gasteiger partial charge in [-0.2, -0.15) is 0 Å². The van der Waals surface area contributed by atoms with Gasteiger partial charge in [0.2, 0.25) is 5.91 Å². The Morgan fingerprint density at radius 1 is 1.27 bits per heavy atom. The number of aryl methyl sites for hydroxylation is 1. The summed E-state index contributed by atoms with van der Waals surface area (Å²) in [6.07, 6.45) is 5.53. The number of fused-ring (bicyclic) bond motifs is 1.